The Labute approximate surface area is 97.2 Å². The second-order valence-electron chi connectivity index (χ2n) is 4.10. The van der Waals surface area contributed by atoms with Crippen LogP contribution in [0.5, 0.6) is 0 Å². The number of ether oxygens (including phenoxy) is 1. The van der Waals surface area contributed by atoms with Gasteiger partial charge >= 0.3 is 0 Å². The topological polar surface area (TPSA) is 56.3 Å². The van der Waals surface area contributed by atoms with E-state index in [2.05, 4.69) is 21.5 Å². The molecule has 1 aromatic heterocycles. The average molecular weight is 226 g/mol. The van der Waals surface area contributed by atoms with Crippen LogP contribution in [-0.2, 0) is 11.3 Å². The molecule has 0 bridgehead atoms. The molecule has 0 saturated heterocycles. The van der Waals surface area contributed by atoms with Gasteiger partial charge < -0.3 is 19.9 Å². The summed E-state index contributed by atoms with van der Waals surface area (Å²) in [6, 6.07) is 0.0341. The number of nitrogens with two attached hydrogens (primary N) is 1. The molecular weight excluding hydrogens is 204 g/mol. The molecule has 5 heteroatoms. The highest BCUT2D eigenvalue weighted by Crippen LogP contribution is 2.08. The average Bonchev–Trinajstić information content (AvgIpc) is 2.71. The van der Waals surface area contributed by atoms with Crippen LogP contribution in [0.15, 0.2) is 12.5 Å². The lowest BCUT2D eigenvalue weighted by molar-refractivity contribution is 0.159. The molecule has 5 nitrogen and oxygen atoms in total. The first-order valence-electron chi connectivity index (χ1n) is 5.58. The Bertz CT molecular complexity index is 298. The summed E-state index contributed by atoms with van der Waals surface area (Å²) in [5.41, 5.74) is 6.93. The van der Waals surface area contributed by atoms with Crippen molar-refractivity contribution in [1.29, 1.82) is 0 Å². The summed E-state index contributed by atoms with van der Waals surface area (Å²) in [6.07, 6.45) is 3.67. The molecule has 0 aliphatic heterocycles. The highest BCUT2D eigenvalue weighted by atomic mass is 16.5. The van der Waals surface area contributed by atoms with Gasteiger partial charge in [0.05, 0.1) is 18.6 Å². The summed E-state index contributed by atoms with van der Waals surface area (Å²) in [5, 5.41) is 0. The molecule has 1 atom stereocenters. The van der Waals surface area contributed by atoms with E-state index < -0.39 is 0 Å². The molecule has 16 heavy (non-hydrogen) atoms. The van der Waals surface area contributed by atoms with Crippen molar-refractivity contribution in [3.8, 4) is 0 Å². The van der Waals surface area contributed by atoms with Crippen molar-refractivity contribution in [2.45, 2.75) is 19.5 Å². The van der Waals surface area contributed by atoms with Crippen molar-refractivity contribution in [3.63, 3.8) is 0 Å². The van der Waals surface area contributed by atoms with Crippen LogP contribution in [-0.4, -0.2) is 48.3 Å². The smallest absolute Gasteiger partial charge is 0.0949 e. The van der Waals surface area contributed by atoms with Crippen molar-refractivity contribution < 1.29 is 4.74 Å². The zero-order valence-electron chi connectivity index (χ0n) is 10.4. The van der Waals surface area contributed by atoms with Crippen LogP contribution >= 0.6 is 0 Å². The Morgan fingerprint density at radius 3 is 2.94 bits per heavy atom. The Balaban J connectivity index is 2.39. The fourth-order valence-electron chi connectivity index (χ4n) is 1.53. The predicted molar refractivity (Wildman–Crippen MR) is 64.2 cm³/mol. The Hall–Kier alpha value is -0.910. The second kappa shape index (κ2) is 6.62. The van der Waals surface area contributed by atoms with E-state index in [0.717, 1.165) is 31.9 Å². The molecule has 92 valence electrons. The van der Waals surface area contributed by atoms with Gasteiger partial charge in [-0.15, -0.1) is 0 Å². The summed E-state index contributed by atoms with van der Waals surface area (Å²) in [7, 11) is 3.80. The van der Waals surface area contributed by atoms with E-state index in [4.69, 9.17) is 10.5 Å². The standard InChI is InChI=1S/C11H22N4O/c1-10(12)11-8-13-9-15(11)5-4-14(2)6-7-16-3/h8-10H,4-7,12H2,1-3H3/t10-/m0/s1. The quantitative estimate of drug-likeness (QED) is 0.735. The molecular formula is C11H22N4O. The summed E-state index contributed by atoms with van der Waals surface area (Å²) in [4.78, 5) is 6.35. The van der Waals surface area contributed by atoms with Gasteiger partial charge in [0.2, 0.25) is 0 Å². The minimum Gasteiger partial charge on any atom is -0.383 e. The van der Waals surface area contributed by atoms with Gasteiger partial charge in [-0.25, -0.2) is 4.98 Å². The van der Waals surface area contributed by atoms with Crippen LogP contribution < -0.4 is 5.73 Å². The van der Waals surface area contributed by atoms with Crippen molar-refractivity contribution in [2.75, 3.05) is 33.9 Å². The number of methoxy groups -OCH3 is 1. The minimum absolute atomic E-state index is 0.0341. The molecule has 0 aromatic carbocycles. The van der Waals surface area contributed by atoms with E-state index in [9.17, 15) is 0 Å². The van der Waals surface area contributed by atoms with Gasteiger partial charge in [-0.3, -0.25) is 0 Å². The zero-order valence-corrected chi connectivity index (χ0v) is 10.4. The fourth-order valence-corrected chi connectivity index (χ4v) is 1.53. The van der Waals surface area contributed by atoms with E-state index in [1.54, 1.807) is 7.11 Å². The highest BCUT2D eigenvalue weighted by molar-refractivity contribution is 5.02. The van der Waals surface area contributed by atoms with Crippen molar-refractivity contribution in [2.24, 2.45) is 5.73 Å². The van der Waals surface area contributed by atoms with E-state index >= 15 is 0 Å². The van der Waals surface area contributed by atoms with Gasteiger partial charge in [0.15, 0.2) is 0 Å². The molecule has 0 aliphatic carbocycles. The fraction of sp³-hybridized carbons (Fsp3) is 0.727. The summed E-state index contributed by atoms with van der Waals surface area (Å²) < 4.78 is 7.14. The van der Waals surface area contributed by atoms with Crippen molar-refractivity contribution in [3.05, 3.63) is 18.2 Å². The molecule has 1 heterocycles. The first kappa shape index (κ1) is 13.2. The van der Waals surface area contributed by atoms with Gasteiger partial charge in [0, 0.05) is 39.0 Å². The molecule has 0 unspecified atom stereocenters. The van der Waals surface area contributed by atoms with Gasteiger partial charge in [-0.1, -0.05) is 0 Å². The van der Waals surface area contributed by atoms with Crippen LogP contribution in [0.4, 0.5) is 0 Å². The molecule has 0 radical (unpaired) electrons. The van der Waals surface area contributed by atoms with Gasteiger partial charge in [0.1, 0.15) is 0 Å². The monoisotopic (exact) mass is 226 g/mol. The Morgan fingerprint density at radius 1 is 1.56 bits per heavy atom. The SMILES string of the molecule is COCCN(C)CCn1cncc1[C@H](C)N. The van der Waals surface area contributed by atoms with Gasteiger partial charge in [0.25, 0.3) is 0 Å². The van der Waals surface area contributed by atoms with Gasteiger partial charge in [-0.2, -0.15) is 0 Å². The minimum atomic E-state index is 0.0341. The maximum atomic E-state index is 5.85. The first-order chi connectivity index (χ1) is 7.65. The van der Waals surface area contributed by atoms with Crippen molar-refractivity contribution >= 4 is 0 Å². The van der Waals surface area contributed by atoms with Crippen LogP contribution in [0.1, 0.15) is 18.7 Å². The summed E-state index contributed by atoms with van der Waals surface area (Å²) >= 11 is 0. The molecule has 0 fully saturated rings. The summed E-state index contributed by atoms with van der Waals surface area (Å²) in [6.45, 7) is 5.57. The highest BCUT2D eigenvalue weighted by Gasteiger charge is 2.07. The molecule has 0 amide bonds. The maximum absolute atomic E-state index is 5.85. The van der Waals surface area contributed by atoms with Crippen LogP contribution in [0.2, 0.25) is 0 Å². The predicted octanol–water partition coefficient (Wildman–Crippen LogP) is 0.481. The van der Waals surface area contributed by atoms with E-state index in [1.165, 1.54) is 0 Å². The molecule has 1 rings (SSSR count). The first-order valence-corrected chi connectivity index (χ1v) is 5.58. The largest absolute Gasteiger partial charge is 0.383 e. The van der Waals surface area contributed by atoms with E-state index in [1.807, 2.05) is 19.4 Å². The molecule has 1 aromatic rings. The van der Waals surface area contributed by atoms with Crippen LogP contribution in [0.3, 0.4) is 0 Å². The maximum Gasteiger partial charge on any atom is 0.0949 e. The molecule has 0 spiro atoms. The zero-order chi connectivity index (χ0) is 12.0. The number of imidazole rings is 1. The molecule has 0 aliphatic rings. The lowest BCUT2D eigenvalue weighted by Crippen LogP contribution is -2.27. The molecule has 2 N–H and O–H groups in total. The van der Waals surface area contributed by atoms with E-state index in [-0.39, 0.29) is 6.04 Å². The van der Waals surface area contributed by atoms with Gasteiger partial charge in [-0.05, 0) is 14.0 Å². The number of hydrogen-bond donors (Lipinski definition) is 1. The number of aromatic nitrogens is 2. The van der Waals surface area contributed by atoms with Crippen LogP contribution in [0.25, 0.3) is 0 Å². The Kier molecular flexibility index (Phi) is 5.45. The van der Waals surface area contributed by atoms with Crippen molar-refractivity contribution in [1.82, 2.24) is 14.5 Å². The number of likely N-dealkylation sites (N-methyl/N-ethyl adjacent to an activating group) is 1. The third-order valence-electron chi connectivity index (χ3n) is 2.61. The third-order valence-corrected chi connectivity index (χ3v) is 2.61. The summed E-state index contributed by atoms with van der Waals surface area (Å²) in [5.74, 6) is 0. The Morgan fingerprint density at radius 2 is 2.31 bits per heavy atom. The second-order valence-corrected chi connectivity index (χ2v) is 4.10. The van der Waals surface area contributed by atoms with Crippen LogP contribution in [0, 0.1) is 0 Å². The lowest BCUT2D eigenvalue weighted by atomic mass is 10.3. The lowest BCUT2D eigenvalue weighted by Gasteiger charge is -2.17. The number of nitrogens with zero attached hydrogens (tertiary/aromatic N) is 3. The third kappa shape index (κ3) is 3.92. The normalized spacial score (nSPS) is 13.3. The molecule has 0 saturated carbocycles. The van der Waals surface area contributed by atoms with E-state index in [0.29, 0.717) is 0 Å². The number of hydrogen-bond acceptors (Lipinski definition) is 4. The number of rotatable bonds is 7.